The van der Waals surface area contributed by atoms with E-state index in [1.807, 2.05) is 66.4 Å². The molecule has 5 nitrogen and oxygen atoms in total. The van der Waals surface area contributed by atoms with Crippen LogP contribution in [0.2, 0.25) is 0 Å². The fraction of sp³-hybridized carbons (Fsp3) is 0.370. The molecule has 0 unspecified atom stereocenters. The molecule has 0 radical (unpaired) electrons. The van der Waals surface area contributed by atoms with Crippen LogP contribution in [0.5, 0.6) is 0 Å². The van der Waals surface area contributed by atoms with Gasteiger partial charge in [0.25, 0.3) is 0 Å². The molecule has 0 aliphatic heterocycles. The number of imidazole rings is 1. The Morgan fingerprint density at radius 2 is 1.81 bits per heavy atom. The van der Waals surface area contributed by atoms with Gasteiger partial charge < -0.3 is 4.90 Å². The number of thiophene rings is 1. The number of aldehydes is 1. The van der Waals surface area contributed by atoms with Gasteiger partial charge in [0.05, 0.1) is 22.2 Å². The van der Waals surface area contributed by atoms with Crippen LogP contribution in [-0.4, -0.2) is 33.8 Å². The molecule has 1 amide bonds. The van der Waals surface area contributed by atoms with Crippen molar-refractivity contribution in [3.63, 3.8) is 0 Å². The van der Waals surface area contributed by atoms with Crippen molar-refractivity contribution in [2.24, 2.45) is 11.8 Å². The maximum absolute atomic E-state index is 13.5. The molecule has 1 fully saturated rings. The lowest BCUT2D eigenvalue weighted by atomic mass is 9.81. The minimum absolute atomic E-state index is 0.0394. The van der Waals surface area contributed by atoms with Gasteiger partial charge in [0.1, 0.15) is 0 Å². The van der Waals surface area contributed by atoms with E-state index in [1.54, 1.807) is 16.2 Å². The number of fused-ring (bicyclic) bond motifs is 1. The van der Waals surface area contributed by atoms with Gasteiger partial charge in [-0.25, -0.2) is 4.98 Å². The summed E-state index contributed by atoms with van der Waals surface area (Å²) in [5.74, 6) is -2.03. The zero-order valence-electron chi connectivity index (χ0n) is 20.4. The number of thiazole rings is 1. The first-order valence-electron chi connectivity index (χ1n) is 12.2. The number of amides is 1. The molecule has 0 N–H and O–H groups in total. The lowest BCUT2D eigenvalue weighted by Gasteiger charge is -2.34. The second-order valence-electron chi connectivity index (χ2n) is 9.67. The molecule has 3 aromatic heterocycles. The molecule has 1 aromatic carbocycles. The van der Waals surface area contributed by atoms with E-state index in [0.29, 0.717) is 10.6 Å². The third-order valence-electron chi connectivity index (χ3n) is 6.96. The van der Waals surface area contributed by atoms with Crippen LogP contribution in [0.15, 0.2) is 48.1 Å². The molecule has 10 heteroatoms. The van der Waals surface area contributed by atoms with Gasteiger partial charge >= 0.3 is 6.18 Å². The maximum Gasteiger partial charge on any atom is 0.391 e. The number of carbonyl (C=O) groups is 2. The number of alkyl halides is 3. The second-order valence-corrected chi connectivity index (χ2v) is 11.6. The summed E-state index contributed by atoms with van der Waals surface area (Å²) in [5.41, 5.74) is 3.27. The van der Waals surface area contributed by atoms with E-state index in [0.717, 1.165) is 32.9 Å². The second kappa shape index (κ2) is 10.1. The predicted octanol–water partition coefficient (Wildman–Crippen LogP) is 7.71. The highest BCUT2D eigenvalue weighted by Crippen LogP contribution is 2.42. The van der Waals surface area contributed by atoms with Crippen LogP contribution >= 0.6 is 22.7 Å². The highest BCUT2D eigenvalue weighted by Gasteiger charge is 2.43. The van der Waals surface area contributed by atoms with E-state index in [2.05, 4.69) is 4.98 Å². The minimum Gasteiger partial charge on any atom is -0.308 e. The van der Waals surface area contributed by atoms with Crippen molar-refractivity contribution in [2.45, 2.75) is 51.7 Å². The molecule has 5 rings (SSSR count). The number of carbonyl (C=O) groups excluding carboxylic acids is 2. The molecule has 0 spiro atoms. The van der Waals surface area contributed by atoms with Crippen LogP contribution in [0, 0.1) is 11.8 Å². The minimum atomic E-state index is -4.22. The van der Waals surface area contributed by atoms with Crippen LogP contribution in [0.4, 0.5) is 18.9 Å². The van der Waals surface area contributed by atoms with Gasteiger partial charge in [-0.05, 0) is 51.2 Å². The third kappa shape index (κ3) is 5.09. The summed E-state index contributed by atoms with van der Waals surface area (Å²) in [5, 5.41) is 1.98. The Morgan fingerprint density at radius 1 is 1.14 bits per heavy atom. The first kappa shape index (κ1) is 25.7. The van der Waals surface area contributed by atoms with Crippen molar-refractivity contribution in [1.82, 2.24) is 9.38 Å². The summed E-state index contributed by atoms with van der Waals surface area (Å²) in [6.45, 7) is 3.71. The van der Waals surface area contributed by atoms with Crippen molar-refractivity contribution in [3.05, 3.63) is 53.0 Å². The molecule has 1 saturated carbocycles. The Bertz CT molecular complexity index is 1380. The molecular weight excluding hydrogens is 519 g/mol. The van der Waals surface area contributed by atoms with E-state index >= 15 is 0 Å². The van der Waals surface area contributed by atoms with Crippen LogP contribution < -0.4 is 4.90 Å². The number of nitrogens with zero attached hydrogens (tertiary/aromatic N) is 3. The number of benzene rings is 1. The summed E-state index contributed by atoms with van der Waals surface area (Å²) in [6.07, 6.45) is 0.789. The van der Waals surface area contributed by atoms with Gasteiger partial charge in [-0.2, -0.15) is 13.2 Å². The zero-order valence-corrected chi connectivity index (χ0v) is 22.0. The largest absolute Gasteiger partial charge is 0.391 e. The number of hydrogen-bond donors (Lipinski definition) is 0. The van der Waals surface area contributed by atoms with Crippen molar-refractivity contribution in [3.8, 4) is 21.7 Å². The average Bonchev–Trinajstić information content (AvgIpc) is 3.59. The summed E-state index contributed by atoms with van der Waals surface area (Å²) in [6, 6.07) is 9.49. The van der Waals surface area contributed by atoms with Crippen LogP contribution in [-0.2, 0) is 4.79 Å². The molecule has 0 saturated heterocycles. The number of halogens is 3. The van der Waals surface area contributed by atoms with Gasteiger partial charge in [0.2, 0.25) is 5.91 Å². The highest BCUT2D eigenvalue weighted by molar-refractivity contribution is 7.17. The van der Waals surface area contributed by atoms with E-state index in [-0.39, 0.29) is 37.6 Å². The summed E-state index contributed by atoms with van der Waals surface area (Å²) in [7, 11) is 0. The smallest absolute Gasteiger partial charge is 0.308 e. The Labute approximate surface area is 220 Å². The van der Waals surface area contributed by atoms with Gasteiger partial charge in [-0.15, -0.1) is 22.7 Å². The molecule has 4 aromatic rings. The number of anilines is 1. The zero-order chi connectivity index (χ0) is 26.3. The predicted molar refractivity (Wildman–Crippen MR) is 141 cm³/mol. The SMILES string of the molecule is CC(C)N(C(=O)C1CCC(C(F)(F)F)CC1)c1cc(-c2ccc(-c3cn4ccsc4n3)cc2)sc1C=O. The van der Waals surface area contributed by atoms with Crippen molar-refractivity contribution in [1.29, 1.82) is 0 Å². The van der Waals surface area contributed by atoms with E-state index in [9.17, 15) is 22.8 Å². The van der Waals surface area contributed by atoms with Crippen molar-refractivity contribution < 1.29 is 22.8 Å². The Hall–Kier alpha value is -2.98. The Morgan fingerprint density at radius 3 is 2.41 bits per heavy atom. The average molecular weight is 546 g/mol. The quantitative estimate of drug-likeness (QED) is 0.233. The lowest BCUT2D eigenvalue weighted by molar-refractivity contribution is -0.184. The summed E-state index contributed by atoms with van der Waals surface area (Å²) < 4.78 is 41.3. The first-order valence-corrected chi connectivity index (χ1v) is 13.9. The van der Waals surface area contributed by atoms with E-state index < -0.39 is 18.0 Å². The number of aromatic nitrogens is 2. The van der Waals surface area contributed by atoms with Gasteiger partial charge in [-0.3, -0.25) is 14.0 Å². The first-order chi connectivity index (χ1) is 17.7. The topological polar surface area (TPSA) is 54.7 Å². The van der Waals surface area contributed by atoms with Crippen molar-refractivity contribution >= 4 is 45.5 Å². The van der Waals surface area contributed by atoms with E-state index in [4.69, 9.17) is 0 Å². The number of rotatable bonds is 6. The fourth-order valence-electron chi connectivity index (χ4n) is 5.00. The summed E-state index contributed by atoms with van der Waals surface area (Å²) in [4.78, 5) is 33.9. The maximum atomic E-state index is 13.5. The fourth-order valence-corrected chi connectivity index (χ4v) is 6.67. The van der Waals surface area contributed by atoms with Gasteiger partial charge in [0.15, 0.2) is 11.2 Å². The molecule has 0 atom stereocenters. The van der Waals surface area contributed by atoms with Gasteiger partial charge in [0, 0.05) is 40.2 Å². The normalized spacial score (nSPS) is 18.4. The Balaban J connectivity index is 1.38. The Kier molecular flexibility index (Phi) is 6.97. The van der Waals surface area contributed by atoms with Crippen LogP contribution in [0.1, 0.15) is 49.2 Å². The molecule has 1 aliphatic rings. The van der Waals surface area contributed by atoms with Crippen LogP contribution in [0.3, 0.4) is 0 Å². The van der Waals surface area contributed by atoms with E-state index in [1.165, 1.54) is 11.3 Å². The standard InChI is InChI=1S/C27H26F3N3O2S2/c1-16(2)33(25(35)19-7-9-20(10-8-19)27(28,29)30)22-13-23(37-24(22)15-34)18-5-3-17(4-6-18)21-14-32-11-12-36-26(32)31-21/h3-6,11-16,19-20H,7-10H2,1-2H3. The highest BCUT2D eigenvalue weighted by atomic mass is 32.1. The van der Waals surface area contributed by atoms with Gasteiger partial charge in [-0.1, -0.05) is 24.3 Å². The lowest BCUT2D eigenvalue weighted by Crippen LogP contribution is -2.43. The third-order valence-corrected chi connectivity index (χ3v) is 8.83. The molecule has 3 heterocycles. The molecule has 194 valence electrons. The molecule has 1 aliphatic carbocycles. The molecule has 37 heavy (non-hydrogen) atoms. The molecule has 0 bridgehead atoms. The molecular formula is C27H26F3N3O2S2. The van der Waals surface area contributed by atoms with Crippen LogP contribution in [0.25, 0.3) is 26.7 Å². The monoisotopic (exact) mass is 545 g/mol. The number of hydrogen-bond acceptors (Lipinski definition) is 5. The van der Waals surface area contributed by atoms with Crippen molar-refractivity contribution in [2.75, 3.05) is 4.90 Å². The summed E-state index contributed by atoms with van der Waals surface area (Å²) >= 11 is 2.87.